The van der Waals surface area contributed by atoms with Gasteiger partial charge in [-0.2, -0.15) is 0 Å². The monoisotopic (exact) mass is 316 g/mol. The molecule has 0 aromatic rings. The summed E-state index contributed by atoms with van der Waals surface area (Å²) in [5, 5.41) is 0. The lowest BCUT2D eigenvalue weighted by Gasteiger charge is -2.59. The van der Waals surface area contributed by atoms with Gasteiger partial charge in [0.05, 0.1) is 0 Å². The molecule has 4 aliphatic rings. The molecule has 2 nitrogen and oxygen atoms in total. The topological polar surface area (TPSA) is 34.1 Å². The lowest BCUT2D eigenvalue weighted by molar-refractivity contribution is -0.149. The third-order valence-corrected chi connectivity index (χ3v) is 8.61. The molecule has 0 radical (unpaired) electrons. The standard InChI is InChI=1S/C21H32O2/c1-20-11-8-14(22)6-7-17(20)15-10-13-21(2)18(16(15)9-12-20)4-3-5-19(21)23/h15-18H,3-13H2,1-2H3. The predicted molar refractivity (Wildman–Crippen MR) is 91.0 cm³/mol. The van der Waals surface area contributed by atoms with Crippen molar-refractivity contribution in [2.75, 3.05) is 0 Å². The molecule has 128 valence electrons. The average Bonchev–Trinajstić information content (AvgIpc) is 2.68. The van der Waals surface area contributed by atoms with Crippen LogP contribution in [0.3, 0.4) is 0 Å². The first-order valence-corrected chi connectivity index (χ1v) is 9.99. The summed E-state index contributed by atoms with van der Waals surface area (Å²) in [5.41, 5.74) is 0.369. The summed E-state index contributed by atoms with van der Waals surface area (Å²) in [5.74, 6) is 3.94. The van der Waals surface area contributed by atoms with Crippen LogP contribution in [0.5, 0.6) is 0 Å². The van der Waals surface area contributed by atoms with E-state index in [1.807, 2.05) is 0 Å². The van der Waals surface area contributed by atoms with Crippen molar-refractivity contribution >= 4 is 11.6 Å². The minimum absolute atomic E-state index is 0.0201. The Balaban J connectivity index is 1.63. The van der Waals surface area contributed by atoms with E-state index < -0.39 is 0 Å². The van der Waals surface area contributed by atoms with Crippen molar-refractivity contribution in [2.45, 2.75) is 84.5 Å². The van der Waals surface area contributed by atoms with E-state index in [1.54, 1.807) is 0 Å². The number of fused-ring (bicyclic) bond motifs is 5. The van der Waals surface area contributed by atoms with Gasteiger partial charge >= 0.3 is 0 Å². The summed E-state index contributed by atoms with van der Waals surface area (Å²) in [7, 11) is 0. The Kier molecular flexibility index (Phi) is 3.74. The first-order chi connectivity index (χ1) is 10.9. The van der Waals surface area contributed by atoms with E-state index in [4.69, 9.17) is 0 Å². The van der Waals surface area contributed by atoms with Crippen LogP contribution in [0, 0.1) is 34.5 Å². The van der Waals surface area contributed by atoms with Gasteiger partial charge in [-0.05, 0) is 80.5 Å². The van der Waals surface area contributed by atoms with E-state index >= 15 is 0 Å². The Morgan fingerprint density at radius 2 is 1.52 bits per heavy atom. The minimum Gasteiger partial charge on any atom is -0.300 e. The fourth-order valence-electron chi connectivity index (χ4n) is 7.14. The van der Waals surface area contributed by atoms with Crippen LogP contribution in [0.2, 0.25) is 0 Å². The molecular weight excluding hydrogens is 284 g/mol. The van der Waals surface area contributed by atoms with Crippen LogP contribution < -0.4 is 0 Å². The van der Waals surface area contributed by atoms with Gasteiger partial charge in [-0.3, -0.25) is 9.59 Å². The van der Waals surface area contributed by atoms with Crippen molar-refractivity contribution in [3.05, 3.63) is 0 Å². The van der Waals surface area contributed by atoms with E-state index in [9.17, 15) is 9.59 Å². The zero-order chi connectivity index (χ0) is 16.2. The molecule has 0 spiro atoms. The van der Waals surface area contributed by atoms with Crippen LogP contribution in [0.4, 0.5) is 0 Å². The molecule has 0 aromatic carbocycles. The summed E-state index contributed by atoms with van der Waals surface area (Å²) in [6, 6.07) is 0. The molecule has 0 aromatic heterocycles. The lowest BCUT2D eigenvalue weighted by atomic mass is 9.45. The molecule has 6 unspecified atom stereocenters. The van der Waals surface area contributed by atoms with Crippen LogP contribution in [0.25, 0.3) is 0 Å². The summed E-state index contributed by atoms with van der Waals surface area (Å²) < 4.78 is 0. The van der Waals surface area contributed by atoms with Gasteiger partial charge in [-0.25, -0.2) is 0 Å². The fraction of sp³-hybridized carbons (Fsp3) is 0.905. The zero-order valence-corrected chi connectivity index (χ0v) is 14.9. The van der Waals surface area contributed by atoms with E-state index in [1.165, 1.54) is 25.7 Å². The van der Waals surface area contributed by atoms with Gasteiger partial charge in [-0.1, -0.05) is 13.8 Å². The van der Waals surface area contributed by atoms with Gasteiger partial charge in [0.2, 0.25) is 0 Å². The summed E-state index contributed by atoms with van der Waals surface area (Å²) in [4.78, 5) is 24.6. The van der Waals surface area contributed by atoms with Crippen molar-refractivity contribution in [1.82, 2.24) is 0 Å². The molecule has 4 saturated carbocycles. The maximum atomic E-state index is 12.6. The normalized spacial score (nSPS) is 50.5. The van der Waals surface area contributed by atoms with E-state index in [0.717, 1.165) is 62.7 Å². The van der Waals surface area contributed by atoms with Crippen molar-refractivity contribution in [2.24, 2.45) is 34.5 Å². The molecule has 0 N–H and O–H groups in total. The molecule has 0 saturated heterocycles. The van der Waals surface area contributed by atoms with Gasteiger partial charge in [0.1, 0.15) is 11.6 Å². The zero-order valence-electron chi connectivity index (χ0n) is 14.9. The van der Waals surface area contributed by atoms with Crippen LogP contribution in [-0.4, -0.2) is 11.6 Å². The lowest BCUT2D eigenvalue weighted by Crippen LogP contribution is -2.53. The molecule has 6 atom stereocenters. The van der Waals surface area contributed by atoms with Gasteiger partial charge in [-0.15, -0.1) is 0 Å². The average molecular weight is 316 g/mol. The first-order valence-electron chi connectivity index (χ1n) is 9.99. The fourth-order valence-corrected chi connectivity index (χ4v) is 7.14. The number of hydrogen-bond donors (Lipinski definition) is 0. The predicted octanol–water partition coefficient (Wildman–Crippen LogP) is 4.95. The van der Waals surface area contributed by atoms with Crippen LogP contribution in [0.1, 0.15) is 84.5 Å². The second kappa shape index (κ2) is 5.43. The SMILES string of the molecule is CC12CCC(=O)CCC1C1CCC3(C)C(=O)CCCC3C1CC2. The quantitative estimate of drug-likeness (QED) is 0.634. The number of carbonyl (C=O) groups is 2. The van der Waals surface area contributed by atoms with Crippen LogP contribution in [-0.2, 0) is 9.59 Å². The van der Waals surface area contributed by atoms with Gasteiger partial charge in [0.15, 0.2) is 0 Å². The number of carbonyl (C=O) groups excluding carboxylic acids is 2. The highest BCUT2D eigenvalue weighted by Gasteiger charge is 2.57. The number of rotatable bonds is 0. The first kappa shape index (κ1) is 15.8. The molecule has 0 heterocycles. The molecule has 0 aliphatic heterocycles. The molecule has 4 aliphatic carbocycles. The third-order valence-electron chi connectivity index (χ3n) is 8.61. The second-order valence-electron chi connectivity index (χ2n) is 9.58. The molecule has 4 rings (SSSR count). The van der Waals surface area contributed by atoms with Crippen LogP contribution >= 0.6 is 0 Å². The van der Waals surface area contributed by atoms with E-state index in [-0.39, 0.29) is 5.41 Å². The molecule has 4 fully saturated rings. The maximum absolute atomic E-state index is 12.6. The molecular formula is C21H32O2. The maximum Gasteiger partial charge on any atom is 0.139 e. The number of Topliss-reactive ketones (excluding diaryl/α,β-unsaturated/α-hetero) is 2. The molecule has 0 bridgehead atoms. The van der Waals surface area contributed by atoms with E-state index in [0.29, 0.717) is 22.9 Å². The smallest absolute Gasteiger partial charge is 0.139 e. The van der Waals surface area contributed by atoms with Crippen molar-refractivity contribution < 1.29 is 9.59 Å². The van der Waals surface area contributed by atoms with Crippen molar-refractivity contribution in [3.8, 4) is 0 Å². The number of hydrogen-bond acceptors (Lipinski definition) is 2. The Bertz CT molecular complexity index is 524. The minimum atomic E-state index is -0.0201. The van der Waals surface area contributed by atoms with Crippen molar-refractivity contribution in [3.63, 3.8) is 0 Å². The van der Waals surface area contributed by atoms with E-state index in [2.05, 4.69) is 13.8 Å². The Morgan fingerprint density at radius 3 is 2.35 bits per heavy atom. The Morgan fingerprint density at radius 1 is 0.783 bits per heavy atom. The molecule has 0 amide bonds. The van der Waals surface area contributed by atoms with Gasteiger partial charge in [0.25, 0.3) is 0 Å². The largest absolute Gasteiger partial charge is 0.300 e. The summed E-state index contributed by atoms with van der Waals surface area (Å²) in [6.45, 7) is 4.74. The van der Waals surface area contributed by atoms with Gasteiger partial charge in [0, 0.05) is 24.7 Å². The Labute approximate surface area is 140 Å². The molecule has 23 heavy (non-hydrogen) atoms. The summed E-state index contributed by atoms with van der Waals surface area (Å²) >= 11 is 0. The molecule has 2 heteroatoms. The Hall–Kier alpha value is -0.660. The second-order valence-corrected chi connectivity index (χ2v) is 9.58. The highest BCUT2D eigenvalue weighted by Crippen LogP contribution is 2.62. The third kappa shape index (κ3) is 2.35. The van der Waals surface area contributed by atoms with Gasteiger partial charge < -0.3 is 0 Å². The summed E-state index contributed by atoms with van der Waals surface area (Å²) in [6.07, 6.45) is 12.0. The van der Waals surface area contributed by atoms with Crippen molar-refractivity contribution in [1.29, 1.82) is 0 Å². The number of ketones is 2. The van der Waals surface area contributed by atoms with Crippen LogP contribution in [0.15, 0.2) is 0 Å². The highest BCUT2D eigenvalue weighted by molar-refractivity contribution is 5.85. The highest BCUT2D eigenvalue weighted by atomic mass is 16.1.